The van der Waals surface area contributed by atoms with E-state index in [-0.39, 0.29) is 24.9 Å². The molecular weight excluding hydrogens is 324 g/mol. The van der Waals surface area contributed by atoms with Crippen LogP contribution in [-0.4, -0.2) is 38.6 Å². The fourth-order valence-electron chi connectivity index (χ4n) is 2.41. The number of fused-ring (bicyclic) bond motifs is 1. The van der Waals surface area contributed by atoms with Crippen molar-refractivity contribution in [2.24, 2.45) is 0 Å². The van der Waals surface area contributed by atoms with Gasteiger partial charge in [0, 0.05) is 22.3 Å². The number of carbonyl (C=O) groups excluding carboxylic acids is 2. The van der Waals surface area contributed by atoms with Gasteiger partial charge in [0.2, 0.25) is 5.91 Å². The maximum Gasteiger partial charge on any atom is 0.412 e. The van der Waals surface area contributed by atoms with Crippen LogP contribution in [0, 0.1) is 6.92 Å². The molecule has 130 valence electrons. The summed E-state index contributed by atoms with van der Waals surface area (Å²) in [5.74, 6) is -0.0327. The highest BCUT2D eigenvalue weighted by Gasteiger charge is 2.09. The Bertz CT molecular complexity index is 914. The van der Waals surface area contributed by atoms with Gasteiger partial charge >= 0.3 is 6.09 Å². The summed E-state index contributed by atoms with van der Waals surface area (Å²) in [5, 5.41) is 13.8. The number of hydrogen-bond acceptors (Lipinski definition) is 5. The molecule has 0 unspecified atom stereocenters. The number of hydrogen-bond donors (Lipinski definition) is 3. The molecule has 0 radical (unpaired) electrons. The highest BCUT2D eigenvalue weighted by atomic mass is 16.5. The number of rotatable bonds is 5. The first kappa shape index (κ1) is 16.5. The summed E-state index contributed by atoms with van der Waals surface area (Å²) in [7, 11) is 0. The van der Waals surface area contributed by atoms with Crippen LogP contribution < -0.4 is 10.6 Å². The van der Waals surface area contributed by atoms with Gasteiger partial charge in [-0.3, -0.25) is 10.1 Å². The van der Waals surface area contributed by atoms with Crippen LogP contribution in [0.15, 0.2) is 30.5 Å². The van der Waals surface area contributed by atoms with Gasteiger partial charge in [-0.25, -0.2) is 9.48 Å². The SMILES string of the molecule is CCOC(=O)Nc1cn(CC(=O)Nc2ccc3[nH]c(C)cc3c2)nn1. The molecule has 3 rings (SSSR count). The Hall–Kier alpha value is -3.36. The number of nitrogens with one attached hydrogen (secondary N) is 3. The van der Waals surface area contributed by atoms with Gasteiger partial charge in [-0.05, 0) is 38.1 Å². The van der Waals surface area contributed by atoms with E-state index in [4.69, 9.17) is 4.74 Å². The molecule has 2 amide bonds. The molecule has 2 aromatic heterocycles. The van der Waals surface area contributed by atoms with Gasteiger partial charge in [0.15, 0.2) is 5.82 Å². The number of aromatic amines is 1. The third-order valence-electron chi connectivity index (χ3n) is 3.39. The van der Waals surface area contributed by atoms with Crippen molar-refractivity contribution in [3.05, 3.63) is 36.2 Å². The molecule has 0 aliphatic heterocycles. The summed E-state index contributed by atoms with van der Waals surface area (Å²) >= 11 is 0. The molecule has 9 nitrogen and oxygen atoms in total. The Morgan fingerprint density at radius 2 is 2.12 bits per heavy atom. The topological polar surface area (TPSA) is 114 Å². The van der Waals surface area contributed by atoms with Crippen LogP contribution >= 0.6 is 0 Å². The van der Waals surface area contributed by atoms with Gasteiger partial charge in [-0.15, -0.1) is 5.10 Å². The molecule has 0 atom stereocenters. The van der Waals surface area contributed by atoms with E-state index < -0.39 is 6.09 Å². The minimum Gasteiger partial charge on any atom is -0.450 e. The molecule has 3 aromatic rings. The summed E-state index contributed by atoms with van der Waals surface area (Å²) in [6.07, 6.45) is 0.837. The monoisotopic (exact) mass is 342 g/mol. The van der Waals surface area contributed by atoms with Gasteiger partial charge in [0.05, 0.1) is 12.8 Å². The van der Waals surface area contributed by atoms with Crippen molar-refractivity contribution >= 4 is 34.4 Å². The lowest BCUT2D eigenvalue weighted by atomic mass is 10.2. The van der Waals surface area contributed by atoms with E-state index in [1.54, 1.807) is 6.92 Å². The highest BCUT2D eigenvalue weighted by molar-refractivity contribution is 5.93. The average molecular weight is 342 g/mol. The predicted octanol–water partition coefficient (Wildman–Crippen LogP) is 2.27. The number of aromatic nitrogens is 4. The Kier molecular flexibility index (Phi) is 4.64. The molecule has 9 heteroatoms. The molecule has 0 aliphatic rings. The molecular formula is C16H18N6O3. The molecule has 0 aliphatic carbocycles. The van der Waals surface area contributed by atoms with E-state index in [9.17, 15) is 9.59 Å². The second-order valence-corrected chi connectivity index (χ2v) is 5.45. The van der Waals surface area contributed by atoms with Crippen LogP contribution in [0.3, 0.4) is 0 Å². The second-order valence-electron chi connectivity index (χ2n) is 5.45. The fraction of sp³-hybridized carbons (Fsp3) is 0.250. The van der Waals surface area contributed by atoms with E-state index in [0.29, 0.717) is 5.69 Å². The third-order valence-corrected chi connectivity index (χ3v) is 3.39. The first-order valence-corrected chi connectivity index (χ1v) is 7.76. The zero-order valence-corrected chi connectivity index (χ0v) is 13.9. The lowest BCUT2D eigenvalue weighted by molar-refractivity contribution is -0.116. The largest absolute Gasteiger partial charge is 0.450 e. The van der Waals surface area contributed by atoms with E-state index >= 15 is 0 Å². The van der Waals surface area contributed by atoms with Gasteiger partial charge in [-0.2, -0.15) is 0 Å². The maximum atomic E-state index is 12.1. The molecule has 2 heterocycles. The van der Waals surface area contributed by atoms with Crippen molar-refractivity contribution < 1.29 is 14.3 Å². The molecule has 0 saturated heterocycles. The average Bonchev–Trinajstić information content (AvgIpc) is 3.12. The molecule has 0 fully saturated rings. The number of aryl methyl sites for hydroxylation is 1. The summed E-state index contributed by atoms with van der Waals surface area (Å²) in [6, 6.07) is 7.64. The lowest BCUT2D eigenvalue weighted by Gasteiger charge is -2.05. The number of benzene rings is 1. The minimum absolute atomic E-state index is 0.0261. The Morgan fingerprint density at radius 1 is 1.28 bits per heavy atom. The van der Waals surface area contributed by atoms with Crippen molar-refractivity contribution in [2.45, 2.75) is 20.4 Å². The van der Waals surface area contributed by atoms with Crippen LogP contribution in [0.4, 0.5) is 16.3 Å². The smallest absolute Gasteiger partial charge is 0.412 e. The molecule has 0 bridgehead atoms. The first-order chi connectivity index (χ1) is 12.0. The molecule has 3 N–H and O–H groups in total. The van der Waals surface area contributed by atoms with Gasteiger partial charge in [0.1, 0.15) is 6.54 Å². The predicted molar refractivity (Wildman–Crippen MR) is 92.3 cm³/mol. The summed E-state index contributed by atoms with van der Waals surface area (Å²) in [6.45, 7) is 3.91. The summed E-state index contributed by atoms with van der Waals surface area (Å²) < 4.78 is 6.07. The van der Waals surface area contributed by atoms with Crippen LogP contribution in [-0.2, 0) is 16.1 Å². The van der Waals surface area contributed by atoms with Crippen LogP contribution in [0.5, 0.6) is 0 Å². The van der Waals surface area contributed by atoms with E-state index in [2.05, 4.69) is 25.9 Å². The Labute approximate surface area is 143 Å². The zero-order valence-electron chi connectivity index (χ0n) is 13.9. The number of anilines is 2. The fourth-order valence-corrected chi connectivity index (χ4v) is 2.41. The maximum absolute atomic E-state index is 12.1. The van der Waals surface area contributed by atoms with E-state index in [1.165, 1.54) is 10.9 Å². The van der Waals surface area contributed by atoms with Crippen LogP contribution in [0.2, 0.25) is 0 Å². The Balaban J connectivity index is 1.60. The van der Waals surface area contributed by atoms with E-state index in [1.807, 2.05) is 31.2 Å². The highest BCUT2D eigenvalue weighted by Crippen LogP contribution is 2.19. The van der Waals surface area contributed by atoms with Crippen molar-refractivity contribution in [3.8, 4) is 0 Å². The lowest BCUT2D eigenvalue weighted by Crippen LogP contribution is -2.19. The normalized spacial score (nSPS) is 10.6. The van der Waals surface area contributed by atoms with Crippen molar-refractivity contribution in [2.75, 3.05) is 17.2 Å². The first-order valence-electron chi connectivity index (χ1n) is 7.76. The van der Waals surface area contributed by atoms with Gasteiger partial charge < -0.3 is 15.0 Å². The number of H-pyrrole nitrogens is 1. The molecule has 25 heavy (non-hydrogen) atoms. The van der Waals surface area contributed by atoms with Crippen molar-refractivity contribution in [3.63, 3.8) is 0 Å². The summed E-state index contributed by atoms with van der Waals surface area (Å²) in [4.78, 5) is 26.7. The second kappa shape index (κ2) is 7.04. The van der Waals surface area contributed by atoms with Crippen LogP contribution in [0.25, 0.3) is 10.9 Å². The third kappa shape index (κ3) is 4.14. The number of carbonyl (C=O) groups is 2. The zero-order chi connectivity index (χ0) is 17.8. The quantitative estimate of drug-likeness (QED) is 0.658. The van der Waals surface area contributed by atoms with E-state index in [0.717, 1.165) is 16.6 Å². The van der Waals surface area contributed by atoms with Gasteiger partial charge in [0.25, 0.3) is 0 Å². The van der Waals surface area contributed by atoms with Crippen molar-refractivity contribution in [1.82, 2.24) is 20.0 Å². The number of amides is 2. The van der Waals surface area contributed by atoms with Crippen LogP contribution in [0.1, 0.15) is 12.6 Å². The standard InChI is InChI=1S/C16H18N6O3/c1-3-25-16(24)19-14-8-22(21-20-14)9-15(23)18-12-4-5-13-11(7-12)6-10(2)17-13/h4-8,17H,3,9H2,1-2H3,(H,18,23)(H,19,24). The summed E-state index contributed by atoms with van der Waals surface area (Å²) in [5.41, 5.74) is 2.77. The molecule has 0 saturated carbocycles. The minimum atomic E-state index is -0.617. The van der Waals surface area contributed by atoms with Gasteiger partial charge in [-0.1, -0.05) is 5.21 Å². The number of ether oxygens (including phenoxy) is 1. The Morgan fingerprint density at radius 3 is 2.92 bits per heavy atom. The van der Waals surface area contributed by atoms with Crippen molar-refractivity contribution in [1.29, 1.82) is 0 Å². The molecule has 1 aromatic carbocycles. The molecule has 0 spiro atoms. The number of nitrogens with zero attached hydrogens (tertiary/aromatic N) is 3.